The molecule has 6 nitrogen and oxygen atoms in total. The van der Waals surface area contributed by atoms with Crippen molar-refractivity contribution in [1.29, 1.82) is 0 Å². The van der Waals surface area contributed by atoms with Crippen LogP contribution in [0.5, 0.6) is 11.6 Å². The highest BCUT2D eigenvalue weighted by Gasteiger charge is 2.31. The summed E-state index contributed by atoms with van der Waals surface area (Å²) in [5.74, 6) is -0.164. The smallest absolute Gasteiger partial charge is 0.488 e. The second kappa shape index (κ2) is 6.95. The van der Waals surface area contributed by atoms with Gasteiger partial charge in [-0.15, -0.1) is 13.2 Å². The normalized spacial score (nSPS) is 16.2. The Labute approximate surface area is 146 Å². The van der Waals surface area contributed by atoms with E-state index in [1.54, 1.807) is 18.2 Å². The van der Waals surface area contributed by atoms with Gasteiger partial charge >= 0.3 is 6.36 Å². The highest BCUT2D eigenvalue weighted by molar-refractivity contribution is 5.73. The summed E-state index contributed by atoms with van der Waals surface area (Å²) in [6.45, 7) is 0. The summed E-state index contributed by atoms with van der Waals surface area (Å²) in [6.07, 6.45) is 1.44. The lowest BCUT2D eigenvalue weighted by Gasteiger charge is -2.20. The highest BCUT2D eigenvalue weighted by atomic mass is 19.4. The van der Waals surface area contributed by atoms with E-state index in [0.29, 0.717) is 16.8 Å². The van der Waals surface area contributed by atoms with E-state index in [2.05, 4.69) is 14.7 Å². The van der Waals surface area contributed by atoms with E-state index in [4.69, 9.17) is 15.2 Å². The van der Waals surface area contributed by atoms with Crippen LogP contribution in [0.2, 0.25) is 0 Å². The molecule has 1 atom stereocenters. The van der Waals surface area contributed by atoms with Crippen molar-refractivity contribution in [3.63, 3.8) is 0 Å². The number of hydrogen-bond donors (Lipinski definition) is 1. The number of methoxy groups -OCH3 is 1. The molecule has 2 aromatic rings. The van der Waals surface area contributed by atoms with E-state index in [1.165, 1.54) is 37.6 Å². The summed E-state index contributed by atoms with van der Waals surface area (Å²) in [6, 6.07) is 5.29. The van der Waals surface area contributed by atoms with Gasteiger partial charge in [0.1, 0.15) is 11.4 Å². The number of nitrogens with zero attached hydrogens (tertiary/aromatic N) is 2. The van der Waals surface area contributed by atoms with Gasteiger partial charge < -0.3 is 19.9 Å². The van der Waals surface area contributed by atoms with Crippen molar-refractivity contribution in [3.05, 3.63) is 54.4 Å². The molecule has 2 N–H and O–H groups in total. The molecule has 9 heteroatoms. The van der Waals surface area contributed by atoms with E-state index < -0.39 is 12.5 Å². The SMILES string of the molecule is COc1nc(N)nc(C2C=CC=CO2)c1-c1ccc(OC(F)(F)F)cc1. The average molecular weight is 365 g/mol. The average Bonchev–Trinajstić information content (AvgIpc) is 2.61. The number of nitrogen functional groups attached to an aromatic ring is 1. The van der Waals surface area contributed by atoms with Crippen LogP contribution < -0.4 is 15.2 Å². The number of halogens is 3. The van der Waals surface area contributed by atoms with Crippen LogP contribution in [0, 0.1) is 0 Å². The topological polar surface area (TPSA) is 79.5 Å². The number of alkyl halides is 3. The van der Waals surface area contributed by atoms with Crippen molar-refractivity contribution in [3.8, 4) is 22.8 Å². The molecule has 0 saturated heterocycles. The molecule has 1 aliphatic heterocycles. The predicted molar refractivity (Wildman–Crippen MR) is 87.2 cm³/mol. The van der Waals surface area contributed by atoms with Gasteiger partial charge in [0.2, 0.25) is 11.8 Å². The molecule has 0 saturated carbocycles. The van der Waals surface area contributed by atoms with Crippen LogP contribution in [0.25, 0.3) is 11.1 Å². The molecule has 0 spiro atoms. The van der Waals surface area contributed by atoms with Gasteiger partial charge in [0.05, 0.1) is 18.9 Å². The molecule has 0 amide bonds. The molecule has 2 heterocycles. The van der Waals surface area contributed by atoms with Crippen molar-refractivity contribution in [2.75, 3.05) is 12.8 Å². The van der Waals surface area contributed by atoms with Crippen molar-refractivity contribution in [1.82, 2.24) is 9.97 Å². The Hall–Kier alpha value is -3.23. The fourth-order valence-electron chi connectivity index (χ4n) is 2.46. The molecule has 1 aliphatic rings. The largest absolute Gasteiger partial charge is 0.573 e. The van der Waals surface area contributed by atoms with Gasteiger partial charge in [-0.1, -0.05) is 18.2 Å². The first kappa shape index (κ1) is 17.6. The van der Waals surface area contributed by atoms with Gasteiger partial charge in [-0.3, -0.25) is 0 Å². The molecule has 136 valence electrons. The third-order valence-electron chi connectivity index (χ3n) is 3.46. The number of benzene rings is 1. The zero-order chi connectivity index (χ0) is 18.7. The predicted octanol–water partition coefficient (Wildman–Crippen LogP) is 3.77. The number of hydrogen-bond acceptors (Lipinski definition) is 6. The summed E-state index contributed by atoms with van der Waals surface area (Å²) < 4.78 is 51.7. The van der Waals surface area contributed by atoms with Crippen molar-refractivity contribution >= 4 is 5.95 Å². The Morgan fingerprint density at radius 3 is 2.42 bits per heavy atom. The maximum Gasteiger partial charge on any atom is 0.573 e. The lowest BCUT2D eigenvalue weighted by Crippen LogP contribution is -2.17. The highest BCUT2D eigenvalue weighted by Crippen LogP contribution is 2.38. The first-order valence-electron chi connectivity index (χ1n) is 7.44. The van der Waals surface area contributed by atoms with E-state index >= 15 is 0 Å². The van der Waals surface area contributed by atoms with E-state index in [1.807, 2.05) is 0 Å². The Morgan fingerprint density at radius 2 is 1.85 bits per heavy atom. The number of rotatable bonds is 4. The van der Waals surface area contributed by atoms with Gasteiger partial charge in [0.15, 0.2) is 6.10 Å². The molecular weight excluding hydrogens is 351 g/mol. The molecule has 0 aliphatic carbocycles. The van der Waals surface area contributed by atoms with Gasteiger partial charge in [-0.25, -0.2) is 4.98 Å². The third kappa shape index (κ3) is 3.88. The number of ether oxygens (including phenoxy) is 3. The molecule has 1 unspecified atom stereocenters. The van der Waals surface area contributed by atoms with Crippen LogP contribution in [0.4, 0.5) is 19.1 Å². The zero-order valence-electron chi connectivity index (χ0n) is 13.5. The molecule has 0 bridgehead atoms. The standard InChI is InChI=1S/C17H14F3N3O3/c1-24-15-13(10-5-7-11(8-6-10)26-17(18,19)20)14(22-16(21)23-15)12-4-2-3-9-25-12/h2-9,12H,1H3,(H2,21,22,23). The summed E-state index contributed by atoms with van der Waals surface area (Å²) >= 11 is 0. The summed E-state index contributed by atoms with van der Waals surface area (Å²) in [5.41, 5.74) is 7.16. The number of nitrogens with two attached hydrogens (primary N) is 1. The van der Waals surface area contributed by atoms with E-state index in [9.17, 15) is 13.2 Å². The number of anilines is 1. The molecule has 1 aromatic heterocycles. The van der Waals surface area contributed by atoms with Crippen LogP contribution in [-0.2, 0) is 4.74 Å². The second-order valence-corrected chi connectivity index (χ2v) is 5.19. The van der Waals surface area contributed by atoms with Crippen LogP contribution in [0.3, 0.4) is 0 Å². The maximum atomic E-state index is 12.3. The molecule has 26 heavy (non-hydrogen) atoms. The summed E-state index contributed by atoms with van der Waals surface area (Å²) in [7, 11) is 1.41. The fraction of sp³-hybridized carbons (Fsp3) is 0.176. The van der Waals surface area contributed by atoms with Gasteiger partial charge in [0.25, 0.3) is 0 Å². The first-order valence-corrected chi connectivity index (χ1v) is 7.44. The van der Waals surface area contributed by atoms with Crippen molar-refractivity contribution in [2.24, 2.45) is 0 Å². The minimum atomic E-state index is -4.76. The van der Waals surface area contributed by atoms with Crippen molar-refractivity contribution < 1.29 is 27.4 Å². The first-order chi connectivity index (χ1) is 12.4. The zero-order valence-corrected chi connectivity index (χ0v) is 13.5. The molecule has 3 rings (SSSR count). The second-order valence-electron chi connectivity index (χ2n) is 5.19. The number of allylic oxidation sites excluding steroid dienone is 2. The maximum absolute atomic E-state index is 12.3. The van der Waals surface area contributed by atoms with Gasteiger partial charge in [-0.05, 0) is 29.8 Å². The molecule has 1 aromatic carbocycles. The summed E-state index contributed by atoms with van der Waals surface area (Å²) in [4.78, 5) is 8.27. The van der Waals surface area contributed by atoms with E-state index in [-0.39, 0.29) is 17.6 Å². The van der Waals surface area contributed by atoms with Crippen LogP contribution in [-0.4, -0.2) is 23.4 Å². The van der Waals surface area contributed by atoms with Crippen LogP contribution in [0.15, 0.2) is 48.8 Å². The van der Waals surface area contributed by atoms with Crippen molar-refractivity contribution in [2.45, 2.75) is 12.5 Å². The van der Waals surface area contributed by atoms with Gasteiger partial charge in [-0.2, -0.15) is 4.98 Å². The third-order valence-corrected chi connectivity index (χ3v) is 3.46. The van der Waals surface area contributed by atoms with E-state index in [0.717, 1.165) is 0 Å². The van der Waals surface area contributed by atoms with Gasteiger partial charge in [0, 0.05) is 0 Å². The Kier molecular flexibility index (Phi) is 4.70. The number of aromatic nitrogens is 2. The minimum absolute atomic E-state index is 0.0100. The lowest BCUT2D eigenvalue weighted by molar-refractivity contribution is -0.274. The molecular formula is C17H14F3N3O3. The van der Waals surface area contributed by atoms with Crippen LogP contribution in [0.1, 0.15) is 11.8 Å². The lowest BCUT2D eigenvalue weighted by atomic mass is 10.0. The molecule has 0 radical (unpaired) electrons. The minimum Gasteiger partial charge on any atom is -0.488 e. The van der Waals surface area contributed by atoms with Crippen LogP contribution >= 0.6 is 0 Å². The Bertz CT molecular complexity index is 849. The Balaban J connectivity index is 2.05. The summed E-state index contributed by atoms with van der Waals surface area (Å²) in [5, 5.41) is 0. The monoisotopic (exact) mass is 365 g/mol. The quantitative estimate of drug-likeness (QED) is 0.888. The molecule has 0 fully saturated rings. The Morgan fingerprint density at radius 1 is 1.12 bits per heavy atom. The fourth-order valence-corrected chi connectivity index (χ4v) is 2.46.